The van der Waals surface area contributed by atoms with Crippen molar-refractivity contribution in [3.63, 3.8) is 0 Å². The van der Waals surface area contributed by atoms with E-state index >= 15 is 0 Å². The van der Waals surface area contributed by atoms with E-state index in [0.29, 0.717) is 16.6 Å². The van der Waals surface area contributed by atoms with Crippen LogP contribution < -0.4 is 4.90 Å². The minimum Gasteiger partial charge on any atom is -0.315 e. The van der Waals surface area contributed by atoms with Crippen molar-refractivity contribution < 1.29 is 9.18 Å². The van der Waals surface area contributed by atoms with Gasteiger partial charge in [0.25, 0.3) is 0 Å². The highest BCUT2D eigenvalue weighted by Crippen LogP contribution is 2.31. The zero-order valence-corrected chi connectivity index (χ0v) is 8.56. The summed E-state index contributed by atoms with van der Waals surface area (Å²) in [6.07, 6.45) is 0.366. The molecular weight excluding hydrogens is 237 g/mol. The van der Waals surface area contributed by atoms with Gasteiger partial charge in [-0.3, -0.25) is 4.79 Å². The predicted molar refractivity (Wildman–Crippen MR) is 51.2 cm³/mol. The first kappa shape index (κ1) is 8.69. The molecule has 1 aromatic carbocycles. The summed E-state index contributed by atoms with van der Waals surface area (Å²) in [5.41, 5.74) is 1.55. The molecule has 0 bridgehead atoms. The van der Waals surface area contributed by atoms with Crippen LogP contribution in [0, 0.1) is 5.82 Å². The molecule has 1 aliphatic rings. The summed E-state index contributed by atoms with van der Waals surface area (Å²) in [6, 6.07) is 3.04. The van der Waals surface area contributed by atoms with Gasteiger partial charge in [-0.25, -0.2) is 4.39 Å². The van der Waals surface area contributed by atoms with Gasteiger partial charge in [0.1, 0.15) is 5.82 Å². The molecule has 4 heteroatoms. The molecule has 1 amide bonds. The Labute approximate surface area is 83.5 Å². The van der Waals surface area contributed by atoms with Crippen LogP contribution >= 0.6 is 15.9 Å². The molecule has 13 heavy (non-hydrogen) atoms. The van der Waals surface area contributed by atoms with E-state index in [9.17, 15) is 9.18 Å². The summed E-state index contributed by atoms with van der Waals surface area (Å²) in [4.78, 5) is 12.7. The van der Waals surface area contributed by atoms with E-state index in [4.69, 9.17) is 0 Å². The Balaban J connectivity index is 2.59. The molecule has 68 valence electrons. The average Bonchev–Trinajstić information content (AvgIpc) is 2.32. The van der Waals surface area contributed by atoms with Crippen LogP contribution in [0.2, 0.25) is 0 Å². The molecule has 0 aromatic heterocycles. The van der Waals surface area contributed by atoms with Gasteiger partial charge in [-0.1, -0.05) is 0 Å². The van der Waals surface area contributed by atoms with Crippen molar-refractivity contribution in [1.29, 1.82) is 0 Å². The Morgan fingerprint density at radius 2 is 2.23 bits per heavy atom. The van der Waals surface area contributed by atoms with Crippen LogP contribution in [0.5, 0.6) is 0 Å². The van der Waals surface area contributed by atoms with Crippen LogP contribution in [0.25, 0.3) is 0 Å². The van der Waals surface area contributed by atoms with E-state index < -0.39 is 0 Å². The van der Waals surface area contributed by atoms with E-state index in [-0.39, 0.29) is 11.7 Å². The lowest BCUT2D eigenvalue weighted by Crippen LogP contribution is -2.20. The monoisotopic (exact) mass is 243 g/mol. The molecule has 2 nitrogen and oxygen atoms in total. The molecule has 0 aliphatic carbocycles. The third-order valence-electron chi connectivity index (χ3n) is 2.20. The lowest BCUT2D eigenvalue weighted by Gasteiger charge is -2.09. The zero-order chi connectivity index (χ0) is 9.59. The molecule has 1 aliphatic heterocycles. The van der Waals surface area contributed by atoms with Crippen molar-refractivity contribution in [3.8, 4) is 0 Å². The molecule has 0 radical (unpaired) electrons. The first-order chi connectivity index (χ1) is 6.09. The summed E-state index contributed by atoms with van der Waals surface area (Å²) in [5.74, 6) is -0.326. The van der Waals surface area contributed by atoms with Crippen LogP contribution in [-0.4, -0.2) is 13.0 Å². The minimum absolute atomic E-state index is 0.00694. The number of nitrogens with zero attached hydrogens (tertiary/aromatic N) is 1. The highest BCUT2D eigenvalue weighted by molar-refractivity contribution is 9.10. The SMILES string of the molecule is CN1C(=O)Cc2cc(Br)c(F)cc21. The fourth-order valence-corrected chi connectivity index (χ4v) is 1.84. The van der Waals surface area contributed by atoms with Gasteiger partial charge in [0.15, 0.2) is 0 Å². The topological polar surface area (TPSA) is 20.3 Å². The number of rotatable bonds is 0. The third-order valence-corrected chi connectivity index (χ3v) is 2.81. The number of carbonyl (C=O) groups is 1. The molecule has 1 heterocycles. The van der Waals surface area contributed by atoms with Crippen molar-refractivity contribution in [3.05, 3.63) is 28.0 Å². The molecule has 0 spiro atoms. The van der Waals surface area contributed by atoms with Crippen LogP contribution in [0.15, 0.2) is 16.6 Å². The second kappa shape index (κ2) is 2.80. The summed E-state index contributed by atoms with van der Waals surface area (Å²) >= 11 is 3.08. The Bertz CT molecular complexity index is 391. The fourth-order valence-electron chi connectivity index (χ4n) is 1.45. The fraction of sp³-hybridized carbons (Fsp3) is 0.222. The lowest BCUT2D eigenvalue weighted by molar-refractivity contribution is -0.117. The number of fused-ring (bicyclic) bond motifs is 1. The first-order valence-electron chi connectivity index (χ1n) is 3.84. The molecule has 0 unspecified atom stereocenters. The number of benzene rings is 1. The van der Waals surface area contributed by atoms with Crippen LogP contribution in [-0.2, 0) is 11.2 Å². The quantitative estimate of drug-likeness (QED) is 0.684. The van der Waals surface area contributed by atoms with Gasteiger partial charge in [0.2, 0.25) is 5.91 Å². The Morgan fingerprint density at radius 3 is 2.92 bits per heavy atom. The predicted octanol–water partition coefficient (Wildman–Crippen LogP) is 2.11. The number of carbonyl (C=O) groups excluding carboxylic acids is 1. The van der Waals surface area contributed by atoms with Gasteiger partial charge >= 0.3 is 0 Å². The van der Waals surface area contributed by atoms with Crippen LogP contribution in [0.3, 0.4) is 0 Å². The van der Waals surface area contributed by atoms with E-state index in [1.165, 1.54) is 11.0 Å². The molecule has 0 atom stereocenters. The van der Waals surface area contributed by atoms with Gasteiger partial charge in [0, 0.05) is 12.7 Å². The Hall–Kier alpha value is -0.900. The number of anilines is 1. The van der Waals surface area contributed by atoms with Gasteiger partial charge in [-0.15, -0.1) is 0 Å². The highest BCUT2D eigenvalue weighted by atomic mass is 79.9. The zero-order valence-electron chi connectivity index (χ0n) is 6.97. The van der Waals surface area contributed by atoms with Crippen molar-refractivity contribution >= 4 is 27.5 Å². The van der Waals surface area contributed by atoms with Crippen molar-refractivity contribution in [2.45, 2.75) is 6.42 Å². The normalized spacial score (nSPS) is 15.0. The lowest BCUT2D eigenvalue weighted by atomic mass is 10.2. The van der Waals surface area contributed by atoms with Crippen molar-refractivity contribution in [2.24, 2.45) is 0 Å². The maximum absolute atomic E-state index is 13.1. The maximum Gasteiger partial charge on any atom is 0.231 e. The largest absolute Gasteiger partial charge is 0.315 e. The average molecular weight is 244 g/mol. The third kappa shape index (κ3) is 1.25. The number of amides is 1. The van der Waals surface area contributed by atoms with E-state index in [1.807, 2.05) is 0 Å². The number of halogens is 2. The highest BCUT2D eigenvalue weighted by Gasteiger charge is 2.25. The van der Waals surface area contributed by atoms with E-state index in [2.05, 4.69) is 15.9 Å². The van der Waals surface area contributed by atoms with Crippen molar-refractivity contribution in [1.82, 2.24) is 0 Å². The molecule has 0 fully saturated rings. The molecule has 0 saturated heterocycles. The van der Waals surface area contributed by atoms with Crippen LogP contribution in [0.1, 0.15) is 5.56 Å². The Morgan fingerprint density at radius 1 is 1.54 bits per heavy atom. The molecule has 1 aromatic rings. The summed E-state index contributed by atoms with van der Waals surface area (Å²) in [6.45, 7) is 0. The summed E-state index contributed by atoms with van der Waals surface area (Å²) in [5, 5.41) is 0. The standard InChI is InChI=1S/C9H7BrFNO/c1-12-8-4-7(11)6(10)2-5(8)3-9(12)13/h2,4H,3H2,1H3. The maximum atomic E-state index is 13.1. The van der Waals surface area contributed by atoms with E-state index in [1.54, 1.807) is 13.1 Å². The summed E-state index contributed by atoms with van der Waals surface area (Å²) in [7, 11) is 1.65. The second-order valence-electron chi connectivity index (χ2n) is 3.02. The second-order valence-corrected chi connectivity index (χ2v) is 3.88. The van der Waals surface area contributed by atoms with Gasteiger partial charge in [0.05, 0.1) is 10.9 Å². The first-order valence-corrected chi connectivity index (χ1v) is 4.63. The van der Waals surface area contributed by atoms with E-state index in [0.717, 1.165) is 5.56 Å². The molecule has 0 N–H and O–H groups in total. The molecule has 2 rings (SSSR count). The molecular formula is C9H7BrFNO. The Kier molecular flexibility index (Phi) is 1.87. The minimum atomic E-state index is -0.333. The van der Waals surface area contributed by atoms with Gasteiger partial charge < -0.3 is 4.90 Å². The molecule has 0 saturated carbocycles. The number of likely N-dealkylation sites (N-methyl/N-ethyl adjacent to an activating group) is 1. The van der Waals surface area contributed by atoms with Crippen molar-refractivity contribution in [2.75, 3.05) is 11.9 Å². The van der Waals surface area contributed by atoms with Gasteiger partial charge in [-0.2, -0.15) is 0 Å². The number of hydrogen-bond acceptors (Lipinski definition) is 1. The van der Waals surface area contributed by atoms with Gasteiger partial charge in [-0.05, 0) is 33.6 Å². The smallest absolute Gasteiger partial charge is 0.231 e. The summed E-state index contributed by atoms with van der Waals surface area (Å²) < 4.78 is 13.5. The number of hydrogen-bond donors (Lipinski definition) is 0. The van der Waals surface area contributed by atoms with Crippen LogP contribution in [0.4, 0.5) is 10.1 Å².